The van der Waals surface area contributed by atoms with E-state index in [0.29, 0.717) is 29.6 Å². The van der Waals surface area contributed by atoms with E-state index in [1.54, 1.807) is 6.07 Å². The summed E-state index contributed by atoms with van der Waals surface area (Å²) in [6.45, 7) is 16.7. The van der Waals surface area contributed by atoms with Gasteiger partial charge in [-0.25, -0.2) is 0 Å². The lowest BCUT2D eigenvalue weighted by Crippen LogP contribution is -2.40. The Kier molecular flexibility index (Phi) is 9.93. The van der Waals surface area contributed by atoms with Gasteiger partial charge in [-0.3, -0.25) is 9.78 Å². The number of ether oxygens (including phenoxy) is 1. The smallest absolute Gasteiger partial charge is 0.251 e. The molecule has 35 heavy (non-hydrogen) atoms. The molecule has 0 aliphatic carbocycles. The summed E-state index contributed by atoms with van der Waals surface area (Å²) in [5.74, 6) is -0.136. The highest BCUT2D eigenvalue weighted by atomic mass is 35.5. The first-order valence-electron chi connectivity index (χ1n) is 12.5. The van der Waals surface area contributed by atoms with Crippen LogP contribution in [0.1, 0.15) is 64.6 Å². The zero-order chi connectivity index (χ0) is 25.4. The van der Waals surface area contributed by atoms with Gasteiger partial charge in [0.25, 0.3) is 5.91 Å². The molecule has 0 atom stereocenters. The van der Waals surface area contributed by atoms with E-state index in [9.17, 15) is 4.79 Å². The lowest BCUT2D eigenvalue weighted by atomic mass is 9.97. The summed E-state index contributed by atoms with van der Waals surface area (Å²) in [5, 5.41) is 3.70. The predicted octanol–water partition coefficient (Wildman–Crippen LogP) is 6.13. The first kappa shape index (κ1) is 27.0. The van der Waals surface area contributed by atoms with Crippen molar-refractivity contribution in [1.82, 2.24) is 10.3 Å². The van der Waals surface area contributed by atoms with Crippen LogP contribution in [0.4, 0.5) is 5.69 Å². The van der Waals surface area contributed by atoms with Crippen LogP contribution in [0.25, 0.3) is 0 Å². The molecule has 1 aliphatic rings. The molecule has 1 N–H and O–H groups in total. The van der Waals surface area contributed by atoms with Crippen molar-refractivity contribution >= 4 is 23.2 Å². The van der Waals surface area contributed by atoms with E-state index in [1.807, 2.05) is 32.1 Å². The highest BCUT2D eigenvalue weighted by molar-refractivity contribution is 6.31. The van der Waals surface area contributed by atoms with Gasteiger partial charge in [-0.1, -0.05) is 23.8 Å². The number of carbonyl (C=O) groups is 1. The molecule has 188 valence electrons. The molecule has 1 fully saturated rings. The Morgan fingerprint density at radius 2 is 1.94 bits per heavy atom. The molecule has 1 aromatic carbocycles. The number of halogens is 1. The van der Waals surface area contributed by atoms with Gasteiger partial charge < -0.3 is 15.0 Å². The molecule has 3 rings (SSSR count). The lowest BCUT2D eigenvalue weighted by molar-refractivity contribution is 0.0845. The van der Waals surface area contributed by atoms with Crippen LogP contribution in [0.2, 0.25) is 5.02 Å². The van der Waals surface area contributed by atoms with Crippen molar-refractivity contribution in [3.63, 3.8) is 0 Å². The first-order valence-corrected chi connectivity index (χ1v) is 12.9. The van der Waals surface area contributed by atoms with Gasteiger partial charge in [0.2, 0.25) is 0 Å². The van der Waals surface area contributed by atoms with E-state index < -0.39 is 0 Å². The summed E-state index contributed by atoms with van der Waals surface area (Å²) in [6.07, 6.45) is 8.03. The van der Waals surface area contributed by atoms with E-state index in [4.69, 9.17) is 16.3 Å². The average molecular weight is 496 g/mol. The fraction of sp³-hybridized carbons (Fsp3) is 0.448. The third-order valence-corrected chi connectivity index (χ3v) is 6.88. The predicted molar refractivity (Wildman–Crippen MR) is 146 cm³/mol. The number of allylic oxidation sites excluding steroid dienone is 2. The molecule has 1 aromatic heterocycles. The number of aryl methyl sites for hydroxylation is 3. The molecule has 1 aliphatic heterocycles. The Hall–Kier alpha value is -2.63. The maximum Gasteiger partial charge on any atom is 0.251 e. The van der Waals surface area contributed by atoms with Crippen LogP contribution < -0.4 is 10.2 Å². The van der Waals surface area contributed by atoms with Crippen LogP contribution >= 0.6 is 11.6 Å². The molecule has 5 nitrogen and oxygen atoms in total. The second-order valence-electron chi connectivity index (χ2n) is 9.07. The summed E-state index contributed by atoms with van der Waals surface area (Å²) < 4.78 is 5.58. The SMILES string of the molecule is C=CCCc1cc(C)nc(C)c1CNC(=O)c1cc(Cl)cc(N(CC)C2CCOCC2)c1CC=C. The van der Waals surface area contributed by atoms with Crippen molar-refractivity contribution in [3.8, 4) is 0 Å². The molecule has 0 bridgehead atoms. The molecule has 1 saturated heterocycles. The summed E-state index contributed by atoms with van der Waals surface area (Å²) in [4.78, 5) is 20.5. The van der Waals surface area contributed by atoms with Gasteiger partial charge >= 0.3 is 0 Å². The Balaban J connectivity index is 1.92. The molecule has 2 aromatic rings. The van der Waals surface area contributed by atoms with Gasteiger partial charge in [0.05, 0.1) is 0 Å². The maximum atomic E-state index is 13.5. The van der Waals surface area contributed by atoms with Crippen molar-refractivity contribution in [2.75, 3.05) is 24.7 Å². The number of nitrogens with one attached hydrogen (secondary N) is 1. The van der Waals surface area contributed by atoms with Crippen LogP contribution in [-0.4, -0.2) is 36.7 Å². The first-order chi connectivity index (χ1) is 16.9. The molecule has 0 spiro atoms. The monoisotopic (exact) mass is 495 g/mol. The molecular formula is C29H38ClN3O2. The van der Waals surface area contributed by atoms with Crippen molar-refractivity contribution in [2.24, 2.45) is 0 Å². The van der Waals surface area contributed by atoms with Crippen LogP contribution in [0.3, 0.4) is 0 Å². The molecule has 0 saturated carbocycles. The quantitative estimate of drug-likeness (QED) is 0.381. The number of hydrogen-bond acceptors (Lipinski definition) is 4. The Morgan fingerprint density at radius 3 is 2.60 bits per heavy atom. The third kappa shape index (κ3) is 6.74. The number of rotatable bonds is 11. The Bertz CT molecular complexity index is 1060. The fourth-order valence-electron chi connectivity index (χ4n) is 4.98. The molecule has 2 heterocycles. The summed E-state index contributed by atoms with van der Waals surface area (Å²) in [7, 11) is 0. The summed E-state index contributed by atoms with van der Waals surface area (Å²) in [5.41, 5.74) is 6.76. The van der Waals surface area contributed by atoms with Crippen molar-refractivity contribution in [1.29, 1.82) is 0 Å². The van der Waals surface area contributed by atoms with E-state index in [-0.39, 0.29) is 5.91 Å². The number of aromatic nitrogens is 1. The van der Waals surface area contributed by atoms with Gasteiger partial charge in [0, 0.05) is 60.0 Å². The van der Waals surface area contributed by atoms with Gasteiger partial charge in [-0.15, -0.1) is 13.2 Å². The lowest BCUT2D eigenvalue weighted by Gasteiger charge is -2.37. The molecule has 1 amide bonds. The van der Waals surface area contributed by atoms with Gasteiger partial charge in [0.1, 0.15) is 0 Å². The Morgan fingerprint density at radius 1 is 1.20 bits per heavy atom. The minimum Gasteiger partial charge on any atom is -0.381 e. The van der Waals surface area contributed by atoms with Crippen LogP contribution in [0, 0.1) is 13.8 Å². The van der Waals surface area contributed by atoms with Crippen LogP contribution in [0.5, 0.6) is 0 Å². The largest absolute Gasteiger partial charge is 0.381 e. The summed E-state index contributed by atoms with van der Waals surface area (Å²) in [6, 6.07) is 6.22. The van der Waals surface area contributed by atoms with Crippen molar-refractivity contribution in [3.05, 3.63) is 82.2 Å². The fourth-order valence-corrected chi connectivity index (χ4v) is 5.20. The minimum atomic E-state index is -0.136. The topological polar surface area (TPSA) is 54.5 Å². The van der Waals surface area contributed by atoms with Gasteiger partial charge in [0.15, 0.2) is 0 Å². The highest BCUT2D eigenvalue weighted by Crippen LogP contribution is 2.33. The zero-order valence-corrected chi connectivity index (χ0v) is 22.1. The van der Waals surface area contributed by atoms with Gasteiger partial charge in [-0.05, 0) is 87.8 Å². The molecule has 6 heteroatoms. The van der Waals surface area contributed by atoms with Gasteiger partial charge in [-0.2, -0.15) is 0 Å². The average Bonchev–Trinajstić information content (AvgIpc) is 2.84. The third-order valence-electron chi connectivity index (χ3n) is 6.66. The van der Waals surface area contributed by atoms with Crippen molar-refractivity contribution in [2.45, 2.75) is 65.5 Å². The molecule has 0 unspecified atom stereocenters. The van der Waals surface area contributed by atoms with Crippen molar-refractivity contribution < 1.29 is 9.53 Å². The second-order valence-corrected chi connectivity index (χ2v) is 9.51. The standard InChI is InChI=1S/C29H38ClN3O2/c1-6-9-11-22-16-20(4)32-21(5)27(22)19-31-29(34)26-17-23(30)18-28(25(26)10-7-2)33(8-3)24-12-14-35-15-13-24/h6-7,16-18,24H,1-2,8-15,19H2,3-5H3,(H,31,34). The number of amides is 1. The van der Waals surface area contributed by atoms with E-state index in [1.165, 1.54) is 5.56 Å². The number of benzene rings is 1. The molecule has 0 radical (unpaired) electrons. The van der Waals surface area contributed by atoms with E-state index in [2.05, 4.69) is 41.3 Å². The van der Waals surface area contributed by atoms with E-state index in [0.717, 1.165) is 73.6 Å². The maximum absolute atomic E-state index is 13.5. The minimum absolute atomic E-state index is 0.136. The van der Waals surface area contributed by atoms with Crippen LogP contribution in [-0.2, 0) is 24.1 Å². The number of carbonyl (C=O) groups excluding carboxylic acids is 1. The zero-order valence-electron chi connectivity index (χ0n) is 21.3. The number of nitrogens with zero attached hydrogens (tertiary/aromatic N) is 2. The number of anilines is 1. The number of hydrogen-bond donors (Lipinski definition) is 1. The molecular weight excluding hydrogens is 458 g/mol. The Labute approximate surface area is 215 Å². The number of pyridine rings is 1. The normalized spacial score (nSPS) is 13.9. The van der Waals surface area contributed by atoms with Crippen LogP contribution in [0.15, 0.2) is 43.5 Å². The van der Waals surface area contributed by atoms with E-state index >= 15 is 0 Å². The summed E-state index contributed by atoms with van der Waals surface area (Å²) >= 11 is 6.57. The second kappa shape index (κ2) is 12.9. The highest BCUT2D eigenvalue weighted by Gasteiger charge is 2.25.